The third kappa shape index (κ3) is 6.14. The standard InChI is InChI=1S/C21H30N6O7S/c1-4-5-10-35(33,34)25-15(18(29)30)11-24-16(28)12-27-19(31)21(2,26(3)20(27)32)14-8-6-13(7-9-14)17(22)23/h6-9,15,25H,4-5,10-12H2,1-3H3,(H3,22,23)(H,24,28)(H,29,30). The number of urea groups is 1. The Balaban J connectivity index is 2.10. The molecule has 1 aromatic rings. The molecule has 2 atom stereocenters. The van der Waals surface area contributed by atoms with Crippen molar-refractivity contribution in [2.75, 3.05) is 25.9 Å². The molecule has 2 unspecified atom stereocenters. The van der Waals surface area contributed by atoms with Crippen LogP contribution in [0.25, 0.3) is 0 Å². The summed E-state index contributed by atoms with van der Waals surface area (Å²) in [6.45, 7) is 2.04. The minimum absolute atomic E-state index is 0.158. The molecule has 0 aromatic heterocycles. The summed E-state index contributed by atoms with van der Waals surface area (Å²) in [6, 6.07) is 3.85. The number of hydrogen-bond donors (Lipinski definition) is 5. The molecule has 1 aliphatic rings. The van der Waals surface area contributed by atoms with Crippen LogP contribution in [0, 0.1) is 5.41 Å². The predicted molar refractivity (Wildman–Crippen MR) is 126 cm³/mol. The maximum absolute atomic E-state index is 13.2. The van der Waals surface area contributed by atoms with Gasteiger partial charge in [-0.25, -0.2) is 13.2 Å². The minimum atomic E-state index is -3.87. The largest absolute Gasteiger partial charge is 0.480 e. The number of nitrogens with zero attached hydrogens (tertiary/aromatic N) is 2. The zero-order valence-corrected chi connectivity index (χ0v) is 20.5. The number of amides is 4. The Morgan fingerprint density at radius 1 is 1.23 bits per heavy atom. The monoisotopic (exact) mass is 510 g/mol. The Kier molecular flexibility index (Phi) is 8.57. The number of amidine groups is 1. The van der Waals surface area contributed by atoms with Gasteiger partial charge in [0.15, 0.2) is 0 Å². The number of carboxylic acids is 1. The highest BCUT2D eigenvalue weighted by molar-refractivity contribution is 7.89. The van der Waals surface area contributed by atoms with Gasteiger partial charge < -0.3 is 21.1 Å². The van der Waals surface area contributed by atoms with E-state index in [1.807, 2.05) is 4.72 Å². The first-order chi connectivity index (χ1) is 16.2. The summed E-state index contributed by atoms with van der Waals surface area (Å²) in [5.74, 6) is -3.41. The molecule has 0 bridgehead atoms. The van der Waals surface area contributed by atoms with Gasteiger partial charge in [-0.05, 0) is 18.9 Å². The Bertz CT molecular complexity index is 1120. The molecule has 1 aromatic carbocycles. The fraction of sp³-hybridized carbons (Fsp3) is 0.476. The van der Waals surface area contributed by atoms with E-state index in [1.165, 1.54) is 31.0 Å². The first-order valence-electron chi connectivity index (χ1n) is 10.8. The van der Waals surface area contributed by atoms with E-state index < -0.39 is 58.5 Å². The molecule has 2 rings (SSSR count). The predicted octanol–water partition coefficient (Wildman–Crippen LogP) is -0.631. The molecule has 0 aliphatic carbocycles. The number of likely N-dealkylation sites (N-methyl/N-ethyl adjacent to an activating group) is 1. The number of carbonyl (C=O) groups excluding carboxylic acids is 3. The van der Waals surface area contributed by atoms with Crippen molar-refractivity contribution < 1.29 is 32.7 Å². The summed E-state index contributed by atoms with van der Waals surface area (Å²) < 4.78 is 26.0. The van der Waals surface area contributed by atoms with Crippen LogP contribution in [0.5, 0.6) is 0 Å². The molecule has 0 spiro atoms. The summed E-state index contributed by atoms with van der Waals surface area (Å²) in [7, 11) is -2.46. The number of hydrogen-bond acceptors (Lipinski definition) is 7. The average molecular weight is 511 g/mol. The maximum atomic E-state index is 13.2. The number of sulfonamides is 1. The SMILES string of the molecule is CCCCS(=O)(=O)NC(CNC(=O)CN1C(=O)N(C)C(C)(c2ccc(C(=N)N)cc2)C1=O)C(=O)O. The van der Waals surface area contributed by atoms with Crippen molar-refractivity contribution in [1.29, 1.82) is 5.41 Å². The number of carbonyl (C=O) groups is 4. The lowest BCUT2D eigenvalue weighted by Crippen LogP contribution is -2.50. The van der Waals surface area contributed by atoms with Crippen LogP contribution in [0.1, 0.15) is 37.8 Å². The second-order valence-electron chi connectivity index (χ2n) is 8.28. The number of rotatable bonds is 12. The van der Waals surface area contributed by atoms with Gasteiger partial charge in [0.1, 0.15) is 24.0 Å². The summed E-state index contributed by atoms with van der Waals surface area (Å²) in [4.78, 5) is 51.7. The highest BCUT2D eigenvalue weighted by Crippen LogP contribution is 2.35. The van der Waals surface area contributed by atoms with Gasteiger partial charge in [0.05, 0.1) is 5.75 Å². The molecule has 4 amide bonds. The second kappa shape index (κ2) is 10.8. The van der Waals surface area contributed by atoms with Crippen LogP contribution in [-0.4, -0.2) is 84.9 Å². The molecule has 1 aliphatic heterocycles. The molecule has 1 saturated heterocycles. The maximum Gasteiger partial charge on any atom is 0.328 e. The van der Waals surface area contributed by atoms with E-state index >= 15 is 0 Å². The summed E-state index contributed by atoms with van der Waals surface area (Å²) in [6.07, 6.45) is 0.943. The van der Waals surface area contributed by atoms with E-state index in [9.17, 15) is 32.7 Å². The van der Waals surface area contributed by atoms with Crippen LogP contribution < -0.4 is 15.8 Å². The smallest absolute Gasteiger partial charge is 0.328 e. The van der Waals surface area contributed by atoms with Crippen LogP contribution in [-0.2, 0) is 29.9 Å². The molecule has 6 N–H and O–H groups in total. The topological polar surface area (TPSA) is 203 Å². The van der Waals surface area contributed by atoms with Gasteiger partial charge in [0.25, 0.3) is 5.91 Å². The number of nitrogens with two attached hydrogens (primary N) is 1. The van der Waals surface area contributed by atoms with E-state index in [0.717, 1.165) is 4.90 Å². The molecule has 35 heavy (non-hydrogen) atoms. The van der Waals surface area contributed by atoms with Crippen molar-refractivity contribution in [3.63, 3.8) is 0 Å². The number of nitrogens with one attached hydrogen (secondary N) is 3. The summed E-state index contributed by atoms with van der Waals surface area (Å²) in [5, 5.41) is 19.0. The van der Waals surface area contributed by atoms with E-state index in [2.05, 4.69) is 5.32 Å². The molecule has 1 fully saturated rings. The lowest BCUT2D eigenvalue weighted by molar-refractivity contribution is -0.139. The van der Waals surface area contributed by atoms with Gasteiger partial charge in [-0.3, -0.25) is 24.7 Å². The second-order valence-corrected chi connectivity index (χ2v) is 10.2. The highest BCUT2D eigenvalue weighted by atomic mass is 32.2. The summed E-state index contributed by atoms with van der Waals surface area (Å²) in [5.41, 5.74) is 4.91. The van der Waals surface area contributed by atoms with Crippen molar-refractivity contribution in [2.45, 2.75) is 38.3 Å². The lowest BCUT2D eigenvalue weighted by Gasteiger charge is -2.29. The molecular formula is C21H30N6O7S. The Hall–Kier alpha value is -3.52. The van der Waals surface area contributed by atoms with E-state index in [1.54, 1.807) is 19.1 Å². The van der Waals surface area contributed by atoms with Gasteiger partial charge >= 0.3 is 12.0 Å². The quantitative estimate of drug-likeness (QED) is 0.139. The van der Waals surface area contributed by atoms with Crippen molar-refractivity contribution in [2.24, 2.45) is 5.73 Å². The fourth-order valence-corrected chi connectivity index (χ4v) is 4.91. The molecule has 0 saturated carbocycles. The first kappa shape index (κ1) is 27.7. The van der Waals surface area contributed by atoms with Crippen LogP contribution >= 0.6 is 0 Å². The van der Waals surface area contributed by atoms with Crippen LogP contribution in [0.2, 0.25) is 0 Å². The third-order valence-corrected chi connectivity index (χ3v) is 7.27. The Morgan fingerprint density at radius 2 is 1.83 bits per heavy atom. The molecule has 13 nitrogen and oxygen atoms in total. The number of benzene rings is 1. The van der Waals surface area contributed by atoms with Gasteiger partial charge in [0.2, 0.25) is 15.9 Å². The van der Waals surface area contributed by atoms with Crippen molar-refractivity contribution in [3.8, 4) is 0 Å². The minimum Gasteiger partial charge on any atom is -0.480 e. The molecule has 14 heteroatoms. The van der Waals surface area contributed by atoms with E-state index in [4.69, 9.17) is 11.1 Å². The molecular weight excluding hydrogens is 480 g/mol. The van der Waals surface area contributed by atoms with Crippen molar-refractivity contribution >= 4 is 39.7 Å². The van der Waals surface area contributed by atoms with E-state index in [-0.39, 0.29) is 11.6 Å². The zero-order valence-electron chi connectivity index (χ0n) is 19.7. The third-order valence-electron chi connectivity index (χ3n) is 5.80. The van der Waals surface area contributed by atoms with Crippen molar-refractivity contribution in [3.05, 3.63) is 35.4 Å². The van der Waals surface area contributed by atoms with Gasteiger partial charge in [-0.2, -0.15) is 4.72 Å². The number of unbranched alkanes of at least 4 members (excludes halogenated alkanes) is 1. The normalized spacial score (nSPS) is 19.1. The average Bonchev–Trinajstić information content (AvgIpc) is 2.96. The fourth-order valence-electron chi connectivity index (χ4n) is 3.50. The van der Waals surface area contributed by atoms with Crippen LogP contribution in [0.4, 0.5) is 4.79 Å². The van der Waals surface area contributed by atoms with Gasteiger partial charge in [0, 0.05) is 19.2 Å². The lowest BCUT2D eigenvalue weighted by atomic mass is 9.90. The Labute approximate surface area is 203 Å². The van der Waals surface area contributed by atoms with E-state index in [0.29, 0.717) is 24.0 Å². The Morgan fingerprint density at radius 3 is 2.34 bits per heavy atom. The number of carboxylic acid groups (broad SMARTS) is 1. The van der Waals surface area contributed by atoms with Gasteiger partial charge in [-0.15, -0.1) is 0 Å². The van der Waals surface area contributed by atoms with Crippen LogP contribution in [0.15, 0.2) is 24.3 Å². The zero-order chi connectivity index (χ0) is 26.6. The molecule has 192 valence electrons. The number of imide groups is 1. The summed E-state index contributed by atoms with van der Waals surface area (Å²) >= 11 is 0. The first-order valence-corrected chi connectivity index (χ1v) is 12.4. The molecule has 0 radical (unpaired) electrons. The van der Waals surface area contributed by atoms with Gasteiger partial charge in [-0.1, -0.05) is 37.6 Å². The molecule has 1 heterocycles. The highest BCUT2D eigenvalue weighted by Gasteiger charge is 2.54. The number of nitrogen functional groups attached to an aromatic ring is 1. The van der Waals surface area contributed by atoms with Crippen molar-refractivity contribution in [1.82, 2.24) is 19.8 Å². The number of aliphatic carboxylic acids is 1. The van der Waals surface area contributed by atoms with Crippen LogP contribution in [0.3, 0.4) is 0 Å².